The first-order valence-corrected chi connectivity index (χ1v) is 17.7. The molecule has 12 heteroatoms. The Morgan fingerprint density at radius 2 is 1.81 bits per heavy atom. The molecule has 0 spiro atoms. The van der Waals surface area contributed by atoms with Gasteiger partial charge in [0.15, 0.2) is 16.3 Å². The number of esters is 1. The fourth-order valence-electron chi connectivity index (χ4n) is 5.10. The van der Waals surface area contributed by atoms with Crippen LogP contribution in [0.25, 0.3) is 6.08 Å². The molecule has 0 saturated heterocycles. The molecule has 47 heavy (non-hydrogen) atoms. The number of nitriles is 1. The molecule has 0 amide bonds. The fraction of sp³-hybridized carbons (Fsp3) is 0.257. The lowest BCUT2D eigenvalue weighted by Gasteiger charge is -2.25. The van der Waals surface area contributed by atoms with Gasteiger partial charge in [0.2, 0.25) is 0 Å². The zero-order chi connectivity index (χ0) is 33.8. The van der Waals surface area contributed by atoms with Crippen molar-refractivity contribution in [2.45, 2.75) is 46.4 Å². The van der Waals surface area contributed by atoms with Gasteiger partial charge in [-0.3, -0.25) is 9.36 Å². The van der Waals surface area contributed by atoms with Gasteiger partial charge < -0.3 is 18.9 Å². The predicted molar refractivity (Wildman–Crippen MR) is 197 cm³/mol. The average molecular weight is 876 g/mol. The molecule has 2 heterocycles. The smallest absolute Gasteiger partial charge is 0.338 e. The SMILES string of the molecule is CCOC(=O)C1=C(C)N=c2s/c(=C/c3cc(I)c(OCc4ccc(C#N)cc4)c(I)c3)c(=O)n2[C@H]1c1ccc(OC(C)C)c(OC)c1. The molecule has 1 aliphatic heterocycles. The minimum atomic E-state index is -0.785. The van der Waals surface area contributed by atoms with Crippen molar-refractivity contribution in [3.05, 3.63) is 115 Å². The molecule has 1 aromatic heterocycles. The predicted octanol–water partition coefficient (Wildman–Crippen LogP) is 6.25. The number of ether oxygens (including phenoxy) is 4. The maximum absolute atomic E-state index is 14.1. The molecule has 0 radical (unpaired) electrons. The first-order chi connectivity index (χ1) is 22.5. The molecule has 5 rings (SSSR count). The summed E-state index contributed by atoms with van der Waals surface area (Å²) < 4.78 is 26.9. The molecule has 4 aromatic rings. The molecule has 0 bridgehead atoms. The van der Waals surface area contributed by atoms with Gasteiger partial charge in [-0.15, -0.1) is 0 Å². The Bertz CT molecular complexity index is 2070. The number of nitrogens with zero attached hydrogens (tertiary/aromatic N) is 3. The standard InChI is InChI=1S/C35H31I2N3O6S/c1-6-44-34(42)30-20(4)39-35-40(31(30)24-11-12-27(46-19(2)3)28(16-24)43-5)33(41)29(47-35)15-23-13-25(36)32(26(37)14-23)45-18-22-9-7-21(17-38)8-10-22/h7-16,19,31H,6,18H2,1-5H3/b29-15+/t31-/m0/s1. The first-order valence-electron chi connectivity index (χ1n) is 14.7. The van der Waals surface area contributed by atoms with E-state index in [-0.39, 0.29) is 18.3 Å². The summed E-state index contributed by atoms with van der Waals surface area (Å²) >= 11 is 5.72. The zero-order valence-electron chi connectivity index (χ0n) is 26.3. The second-order valence-corrected chi connectivity index (χ2v) is 14.1. The summed E-state index contributed by atoms with van der Waals surface area (Å²) in [6, 6.07) is 17.9. The van der Waals surface area contributed by atoms with E-state index in [0.717, 1.165) is 24.0 Å². The molecule has 1 aliphatic rings. The van der Waals surface area contributed by atoms with Gasteiger partial charge >= 0.3 is 5.97 Å². The largest absolute Gasteiger partial charge is 0.493 e. The third-order valence-corrected chi connectivity index (χ3v) is 9.75. The van der Waals surface area contributed by atoms with E-state index in [1.54, 1.807) is 49.8 Å². The van der Waals surface area contributed by atoms with E-state index in [0.29, 0.717) is 49.8 Å². The number of allylic oxidation sites excluding steroid dienone is 1. The Hall–Kier alpha value is -3.68. The van der Waals surface area contributed by atoms with Crippen molar-refractivity contribution >= 4 is 68.6 Å². The third kappa shape index (κ3) is 7.57. The van der Waals surface area contributed by atoms with Crippen LogP contribution in [0.4, 0.5) is 0 Å². The van der Waals surface area contributed by atoms with E-state index >= 15 is 0 Å². The van der Waals surface area contributed by atoms with E-state index in [9.17, 15) is 9.59 Å². The highest BCUT2D eigenvalue weighted by Crippen LogP contribution is 2.37. The van der Waals surface area contributed by atoms with Crippen molar-refractivity contribution in [1.82, 2.24) is 4.57 Å². The van der Waals surface area contributed by atoms with E-state index in [1.807, 2.05) is 50.3 Å². The fourth-order valence-corrected chi connectivity index (χ4v) is 8.27. The van der Waals surface area contributed by atoms with Crippen LogP contribution in [0.15, 0.2) is 75.7 Å². The second-order valence-electron chi connectivity index (χ2n) is 10.8. The van der Waals surface area contributed by atoms with Gasteiger partial charge in [-0.05, 0) is 132 Å². The number of carbonyl (C=O) groups is 1. The number of rotatable bonds is 10. The van der Waals surface area contributed by atoms with Gasteiger partial charge in [0, 0.05) is 0 Å². The van der Waals surface area contributed by atoms with Gasteiger partial charge in [0.1, 0.15) is 12.4 Å². The van der Waals surface area contributed by atoms with Crippen molar-refractivity contribution in [2.24, 2.45) is 4.99 Å². The molecule has 242 valence electrons. The lowest BCUT2D eigenvalue weighted by Crippen LogP contribution is -2.40. The number of carbonyl (C=O) groups excluding carboxylic acids is 1. The molecule has 0 saturated carbocycles. The van der Waals surface area contributed by atoms with Gasteiger partial charge in [-0.25, -0.2) is 9.79 Å². The van der Waals surface area contributed by atoms with Gasteiger partial charge in [0.05, 0.1) is 60.4 Å². The van der Waals surface area contributed by atoms with Crippen LogP contribution in [-0.4, -0.2) is 30.4 Å². The monoisotopic (exact) mass is 875 g/mol. The van der Waals surface area contributed by atoms with E-state index < -0.39 is 12.0 Å². The molecule has 9 nitrogen and oxygen atoms in total. The number of benzene rings is 3. The van der Waals surface area contributed by atoms with Gasteiger partial charge in [0.25, 0.3) is 5.56 Å². The number of hydrogen-bond donors (Lipinski definition) is 0. The lowest BCUT2D eigenvalue weighted by atomic mass is 9.95. The van der Waals surface area contributed by atoms with Crippen LogP contribution in [0.2, 0.25) is 0 Å². The maximum atomic E-state index is 14.1. The van der Waals surface area contributed by atoms with E-state index in [1.165, 1.54) is 11.3 Å². The summed E-state index contributed by atoms with van der Waals surface area (Å²) in [6.45, 7) is 7.89. The first kappa shape index (κ1) is 34.6. The summed E-state index contributed by atoms with van der Waals surface area (Å²) in [5.41, 5.74) is 3.53. The highest BCUT2D eigenvalue weighted by molar-refractivity contribution is 14.1. The number of methoxy groups -OCH3 is 1. The third-order valence-electron chi connectivity index (χ3n) is 7.17. The highest BCUT2D eigenvalue weighted by atomic mass is 127. The van der Waals surface area contributed by atoms with Crippen molar-refractivity contribution in [3.63, 3.8) is 0 Å². The molecular weight excluding hydrogens is 844 g/mol. The lowest BCUT2D eigenvalue weighted by molar-refractivity contribution is -0.139. The topological polar surface area (TPSA) is 112 Å². The summed E-state index contributed by atoms with van der Waals surface area (Å²) in [5.74, 6) is 1.25. The minimum Gasteiger partial charge on any atom is -0.493 e. The van der Waals surface area contributed by atoms with Crippen molar-refractivity contribution in [3.8, 4) is 23.3 Å². The minimum absolute atomic E-state index is 0.0704. The Labute approximate surface area is 303 Å². The van der Waals surface area contributed by atoms with Crippen LogP contribution in [0.1, 0.15) is 56.0 Å². The second kappa shape index (κ2) is 15.0. The van der Waals surface area contributed by atoms with Crippen LogP contribution < -0.4 is 29.1 Å². The van der Waals surface area contributed by atoms with Crippen molar-refractivity contribution in [2.75, 3.05) is 13.7 Å². The van der Waals surface area contributed by atoms with Crippen LogP contribution in [0, 0.1) is 18.5 Å². The van der Waals surface area contributed by atoms with Crippen LogP contribution in [0.3, 0.4) is 0 Å². The van der Waals surface area contributed by atoms with E-state index in [4.69, 9.17) is 24.2 Å². The number of thiazole rings is 1. The molecule has 0 N–H and O–H groups in total. The summed E-state index contributed by atoms with van der Waals surface area (Å²) in [6.07, 6.45) is 1.76. The van der Waals surface area contributed by atoms with Crippen molar-refractivity contribution < 1.29 is 23.7 Å². The highest BCUT2D eigenvalue weighted by Gasteiger charge is 2.34. The summed E-state index contributed by atoms with van der Waals surface area (Å²) in [5, 5.41) is 9.05. The number of halogens is 2. The summed E-state index contributed by atoms with van der Waals surface area (Å²) in [7, 11) is 1.55. The molecule has 0 fully saturated rings. The van der Waals surface area contributed by atoms with Crippen LogP contribution >= 0.6 is 56.5 Å². The van der Waals surface area contributed by atoms with Crippen LogP contribution in [-0.2, 0) is 16.1 Å². The zero-order valence-corrected chi connectivity index (χ0v) is 31.4. The quantitative estimate of drug-likeness (QED) is 0.137. The van der Waals surface area contributed by atoms with Gasteiger partial charge in [-0.1, -0.05) is 29.5 Å². The molecule has 1 atom stereocenters. The normalized spacial score (nSPS) is 14.4. The number of aromatic nitrogens is 1. The van der Waals surface area contributed by atoms with Crippen LogP contribution in [0.5, 0.6) is 17.2 Å². The number of fused-ring (bicyclic) bond motifs is 1. The molecule has 0 unspecified atom stereocenters. The Morgan fingerprint density at radius 3 is 2.43 bits per heavy atom. The molecule has 3 aromatic carbocycles. The molecule has 0 aliphatic carbocycles. The van der Waals surface area contributed by atoms with Crippen molar-refractivity contribution in [1.29, 1.82) is 5.26 Å². The molecular formula is C35H31I2N3O6S. The Balaban J connectivity index is 1.56. The Kier molecular flexibility index (Phi) is 11.1. The average Bonchev–Trinajstić information content (AvgIpc) is 3.33. The Morgan fingerprint density at radius 1 is 1.11 bits per heavy atom. The van der Waals surface area contributed by atoms with Gasteiger partial charge in [-0.2, -0.15) is 5.26 Å². The maximum Gasteiger partial charge on any atom is 0.338 e. The summed E-state index contributed by atoms with van der Waals surface area (Å²) in [4.78, 5) is 32.6. The van der Waals surface area contributed by atoms with E-state index in [2.05, 4.69) is 56.2 Å². The number of hydrogen-bond acceptors (Lipinski definition) is 9.